The van der Waals surface area contributed by atoms with Crippen molar-refractivity contribution in [3.8, 4) is 0 Å². The number of rotatable bonds is 5. The molecule has 0 unspecified atom stereocenters. The summed E-state index contributed by atoms with van der Waals surface area (Å²) < 4.78 is 10.6. The molecule has 2 aromatic rings. The van der Waals surface area contributed by atoms with Crippen LogP contribution in [0.15, 0.2) is 46.9 Å². The van der Waals surface area contributed by atoms with Gasteiger partial charge in [-0.1, -0.05) is 30.3 Å². The van der Waals surface area contributed by atoms with Crippen LogP contribution >= 0.6 is 0 Å². The summed E-state index contributed by atoms with van der Waals surface area (Å²) in [6.07, 6.45) is 2.28. The summed E-state index contributed by atoms with van der Waals surface area (Å²) in [4.78, 5) is 29.1. The van der Waals surface area contributed by atoms with E-state index >= 15 is 0 Å². The van der Waals surface area contributed by atoms with Gasteiger partial charge in [0.05, 0.1) is 0 Å². The fraction of sp³-hybridized carbons (Fsp3) is 0.455. The van der Waals surface area contributed by atoms with Crippen molar-refractivity contribution in [3.63, 3.8) is 0 Å². The first-order chi connectivity index (χ1) is 13.6. The summed E-state index contributed by atoms with van der Waals surface area (Å²) in [5, 5.41) is 0. The van der Waals surface area contributed by atoms with E-state index in [2.05, 4.69) is 12.1 Å². The lowest BCUT2D eigenvalue weighted by molar-refractivity contribution is -0.128. The Kier molecular flexibility index (Phi) is 5.22. The number of piperidine rings is 1. The van der Waals surface area contributed by atoms with Crippen molar-refractivity contribution in [1.29, 1.82) is 0 Å². The number of amides is 2. The second-order valence-corrected chi connectivity index (χ2v) is 7.90. The molecule has 0 N–H and O–H groups in total. The Morgan fingerprint density at radius 3 is 2.61 bits per heavy atom. The first kappa shape index (κ1) is 18.7. The third-order valence-corrected chi connectivity index (χ3v) is 5.89. The van der Waals surface area contributed by atoms with Gasteiger partial charge in [0.25, 0.3) is 5.91 Å². The number of ether oxygens (including phenoxy) is 1. The highest BCUT2D eigenvalue weighted by atomic mass is 16.5. The average molecular weight is 382 g/mol. The lowest BCUT2D eigenvalue weighted by Crippen LogP contribution is -2.44. The van der Waals surface area contributed by atoms with Crippen LogP contribution in [0.3, 0.4) is 0 Å². The Balaban J connectivity index is 1.35. The van der Waals surface area contributed by atoms with Crippen molar-refractivity contribution in [2.75, 3.05) is 26.7 Å². The monoisotopic (exact) mass is 382 g/mol. The molecule has 0 radical (unpaired) electrons. The molecule has 148 valence electrons. The second kappa shape index (κ2) is 7.80. The minimum atomic E-state index is -0.0809. The van der Waals surface area contributed by atoms with Crippen molar-refractivity contribution in [3.05, 3.63) is 59.5 Å². The predicted octanol–water partition coefficient (Wildman–Crippen LogP) is 3.08. The smallest absolute Gasteiger partial charge is 0.289 e. The van der Waals surface area contributed by atoms with Gasteiger partial charge >= 0.3 is 0 Å². The number of hydrogen-bond acceptors (Lipinski definition) is 4. The minimum Gasteiger partial charge on any atom is -0.453 e. The zero-order valence-electron chi connectivity index (χ0n) is 16.2. The van der Waals surface area contributed by atoms with Crippen LogP contribution in [0.25, 0.3) is 0 Å². The fourth-order valence-corrected chi connectivity index (χ4v) is 4.32. The Bertz CT molecular complexity index is 837. The van der Waals surface area contributed by atoms with Crippen LogP contribution in [0.5, 0.6) is 0 Å². The highest BCUT2D eigenvalue weighted by Crippen LogP contribution is 2.41. The molecule has 6 heteroatoms. The Hall–Kier alpha value is -2.60. The van der Waals surface area contributed by atoms with E-state index in [1.807, 2.05) is 28.0 Å². The van der Waals surface area contributed by atoms with E-state index < -0.39 is 0 Å². The molecule has 3 heterocycles. The summed E-state index contributed by atoms with van der Waals surface area (Å²) in [6.45, 7) is 3.12. The number of nitrogens with zero attached hydrogens (tertiary/aromatic N) is 2. The average Bonchev–Trinajstić information content (AvgIpc) is 3.28. The van der Waals surface area contributed by atoms with Crippen LogP contribution in [-0.2, 0) is 22.7 Å². The van der Waals surface area contributed by atoms with Crippen molar-refractivity contribution in [1.82, 2.24) is 9.80 Å². The molecule has 2 saturated heterocycles. The van der Waals surface area contributed by atoms with Crippen LogP contribution in [0.2, 0.25) is 0 Å². The van der Waals surface area contributed by atoms with E-state index in [4.69, 9.17) is 9.15 Å². The maximum atomic E-state index is 12.7. The van der Waals surface area contributed by atoms with Gasteiger partial charge < -0.3 is 19.0 Å². The van der Waals surface area contributed by atoms with Gasteiger partial charge in [0, 0.05) is 45.1 Å². The van der Waals surface area contributed by atoms with Gasteiger partial charge in [0.2, 0.25) is 5.91 Å². The van der Waals surface area contributed by atoms with Crippen LogP contribution in [0, 0.1) is 5.41 Å². The number of furan rings is 1. The number of likely N-dealkylation sites (tertiary alicyclic amines) is 2. The third kappa shape index (κ3) is 3.83. The highest BCUT2D eigenvalue weighted by Gasteiger charge is 2.45. The molecular formula is C22H26N2O4. The van der Waals surface area contributed by atoms with E-state index in [1.54, 1.807) is 19.2 Å². The van der Waals surface area contributed by atoms with E-state index in [0.717, 1.165) is 24.9 Å². The predicted molar refractivity (Wildman–Crippen MR) is 103 cm³/mol. The Morgan fingerprint density at radius 1 is 1.14 bits per heavy atom. The lowest BCUT2D eigenvalue weighted by Gasteiger charge is -2.38. The summed E-state index contributed by atoms with van der Waals surface area (Å²) in [5.74, 6) is 1.15. The molecule has 0 aliphatic carbocycles. The molecular weight excluding hydrogens is 356 g/mol. The molecule has 1 spiro atoms. The zero-order valence-corrected chi connectivity index (χ0v) is 16.2. The summed E-state index contributed by atoms with van der Waals surface area (Å²) in [5.41, 5.74) is 1.15. The lowest BCUT2D eigenvalue weighted by atomic mass is 9.77. The molecule has 0 saturated carbocycles. The number of carbonyl (C=O) groups is 2. The quantitative estimate of drug-likeness (QED) is 0.797. The van der Waals surface area contributed by atoms with Crippen molar-refractivity contribution in [2.45, 2.75) is 32.4 Å². The van der Waals surface area contributed by atoms with Crippen molar-refractivity contribution in [2.24, 2.45) is 5.41 Å². The standard InChI is InChI=1S/C22H26N2O4/c1-27-15-18-7-8-19(28-18)21(26)23-11-9-22(10-12-23)13-20(25)24(16-22)14-17-5-3-2-4-6-17/h2-8H,9-16H2,1H3. The molecule has 0 bridgehead atoms. The van der Waals surface area contributed by atoms with E-state index in [9.17, 15) is 9.59 Å². The van der Waals surface area contributed by atoms with Gasteiger partial charge in [-0.25, -0.2) is 0 Å². The van der Waals surface area contributed by atoms with E-state index in [-0.39, 0.29) is 17.2 Å². The maximum Gasteiger partial charge on any atom is 0.289 e. The highest BCUT2D eigenvalue weighted by molar-refractivity contribution is 5.91. The summed E-state index contributed by atoms with van der Waals surface area (Å²) in [6, 6.07) is 13.6. The SMILES string of the molecule is COCc1ccc(C(=O)N2CCC3(CC2)CC(=O)N(Cc2ccccc2)C3)o1. The third-order valence-electron chi connectivity index (χ3n) is 5.89. The Labute approximate surface area is 165 Å². The Morgan fingerprint density at radius 2 is 1.89 bits per heavy atom. The first-order valence-electron chi connectivity index (χ1n) is 9.77. The van der Waals surface area contributed by atoms with E-state index in [1.165, 1.54) is 0 Å². The number of methoxy groups -OCH3 is 1. The van der Waals surface area contributed by atoms with Gasteiger partial charge in [-0.05, 0) is 30.5 Å². The van der Waals surface area contributed by atoms with Crippen molar-refractivity contribution < 1.29 is 18.7 Å². The topological polar surface area (TPSA) is 63.0 Å². The molecule has 4 rings (SSSR count). The van der Waals surface area contributed by atoms with Gasteiger partial charge in [0.1, 0.15) is 12.4 Å². The molecule has 2 amide bonds. The molecule has 2 aliphatic rings. The van der Waals surface area contributed by atoms with Gasteiger partial charge in [-0.3, -0.25) is 9.59 Å². The maximum absolute atomic E-state index is 12.7. The van der Waals surface area contributed by atoms with Crippen LogP contribution in [0.4, 0.5) is 0 Å². The summed E-state index contributed by atoms with van der Waals surface area (Å²) in [7, 11) is 1.60. The van der Waals surface area contributed by atoms with Crippen molar-refractivity contribution >= 4 is 11.8 Å². The molecule has 2 fully saturated rings. The second-order valence-electron chi connectivity index (χ2n) is 7.90. The van der Waals surface area contributed by atoms with Gasteiger partial charge in [0.15, 0.2) is 5.76 Å². The van der Waals surface area contributed by atoms with E-state index in [0.29, 0.717) is 44.2 Å². The molecule has 2 aliphatic heterocycles. The van der Waals surface area contributed by atoms with Gasteiger partial charge in [-0.2, -0.15) is 0 Å². The minimum absolute atomic E-state index is 0.00693. The molecule has 1 aromatic heterocycles. The van der Waals surface area contributed by atoms with Gasteiger partial charge in [-0.15, -0.1) is 0 Å². The summed E-state index contributed by atoms with van der Waals surface area (Å²) >= 11 is 0. The number of carbonyl (C=O) groups excluding carboxylic acids is 2. The number of hydrogen-bond donors (Lipinski definition) is 0. The van der Waals surface area contributed by atoms with Crippen LogP contribution < -0.4 is 0 Å². The number of benzene rings is 1. The largest absolute Gasteiger partial charge is 0.453 e. The zero-order chi connectivity index (χ0) is 19.6. The molecule has 28 heavy (non-hydrogen) atoms. The van der Waals surface area contributed by atoms with Crippen LogP contribution in [0.1, 0.15) is 41.1 Å². The molecule has 0 atom stereocenters. The molecule has 1 aromatic carbocycles. The fourth-order valence-electron chi connectivity index (χ4n) is 4.32. The van der Waals surface area contributed by atoms with Crippen LogP contribution in [-0.4, -0.2) is 48.4 Å². The first-order valence-corrected chi connectivity index (χ1v) is 9.77. The normalized spacial score (nSPS) is 18.8. The molecule has 6 nitrogen and oxygen atoms in total.